The van der Waals surface area contributed by atoms with E-state index in [1.807, 2.05) is 19.1 Å². The van der Waals surface area contributed by atoms with Crippen molar-refractivity contribution in [1.82, 2.24) is 15.0 Å². The van der Waals surface area contributed by atoms with Gasteiger partial charge in [-0.25, -0.2) is 13.1 Å². The molecule has 0 amide bonds. The number of ether oxygens (including phenoxy) is 1. The Hall–Kier alpha value is -1.84. The third-order valence-electron chi connectivity index (χ3n) is 4.41. The Balaban J connectivity index is 1.52. The van der Waals surface area contributed by atoms with E-state index in [4.69, 9.17) is 4.74 Å². The second kappa shape index (κ2) is 8.24. The van der Waals surface area contributed by atoms with Gasteiger partial charge in [-0.1, -0.05) is 17.7 Å². The van der Waals surface area contributed by atoms with Gasteiger partial charge in [-0.2, -0.15) is 0 Å². The van der Waals surface area contributed by atoms with Crippen LogP contribution in [0, 0.1) is 6.92 Å². The summed E-state index contributed by atoms with van der Waals surface area (Å²) in [5.41, 5.74) is 2.04. The van der Waals surface area contributed by atoms with E-state index >= 15 is 0 Å². The molecule has 2 heterocycles. The second-order valence-electron chi connectivity index (χ2n) is 6.37. The minimum Gasteiger partial charge on any atom is -0.389 e. The van der Waals surface area contributed by atoms with E-state index in [0.717, 1.165) is 11.1 Å². The SMILES string of the molecule is Cc1ccc(S(=O)(=O)NC[C@H]2OC[C@@H](NCc3ccncc3)[C@@H]2O)cc1. The van der Waals surface area contributed by atoms with E-state index in [9.17, 15) is 13.5 Å². The molecule has 1 aliphatic rings. The van der Waals surface area contributed by atoms with E-state index < -0.39 is 22.2 Å². The first-order valence-electron chi connectivity index (χ1n) is 8.44. The first kappa shape index (κ1) is 18.9. The summed E-state index contributed by atoms with van der Waals surface area (Å²) in [6, 6.07) is 10.1. The zero-order valence-electron chi connectivity index (χ0n) is 14.5. The molecule has 1 saturated heterocycles. The van der Waals surface area contributed by atoms with Gasteiger partial charge < -0.3 is 15.2 Å². The molecule has 140 valence electrons. The van der Waals surface area contributed by atoms with Crippen LogP contribution in [0.4, 0.5) is 0 Å². The molecule has 0 spiro atoms. The zero-order chi connectivity index (χ0) is 18.6. The van der Waals surface area contributed by atoms with Crippen molar-refractivity contribution in [2.24, 2.45) is 0 Å². The number of pyridine rings is 1. The topological polar surface area (TPSA) is 101 Å². The molecule has 26 heavy (non-hydrogen) atoms. The number of benzene rings is 1. The predicted octanol–water partition coefficient (Wildman–Crippen LogP) is 0.586. The number of rotatable bonds is 7. The predicted molar refractivity (Wildman–Crippen MR) is 97.0 cm³/mol. The number of nitrogens with zero attached hydrogens (tertiary/aromatic N) is 1. The average molecular weight is 377 g/mol. The highest BCUT2D eigenvalue weighted by molar-refractivity contribution is 7.89. The number of hydrogen-bond donors (Lipinski definition) is 3. The molecule has 1 aliphatic heterocycles. The highest BCUT2D eigenvalue weighted by Gasteiger charge is 2.36. The molecule has 2 aromatic rings. The van der Waals surface area contributed by atoms with E-state index in [2.05, 4.69) is 15.0 Å². The Labute approximate surface area is 153 Å². The molecule has 3 rings (SSSR count). The Morgan fingerprint density at radius 3 is 2.58 bits per heavy atom. The molecule has 3 N–H and O–H groups in total. The molecule has 0 aliphatic carbocycles. The minimum absolute atomic E-state index is 0.0187. The summed E-state index contributed by atoms with van der Waals surface area (Å²) in [5, 5.41) is 13.6. The number of hydrogen-bond acceptors (Lipinski definition) is 6. The molecule has 3 atom stereocenters. The second-order valence-corrected chi connectivity index (χ2v) is 8.14. The highest BCUT2D eigenvalue weighted by atomic mass is 32.2. The summed E-state index contributed by atoms with van der Waals surface area (Å²) in [7, 11) is -3.63. The van der Waals surface area contributed by atoms with Gasteiger partial charge in [0.2, 0.25) is 10.0 Å². The van der Waals surface area contributed by atoms with Crippen LogP contribution in [0.2, 0.25) is 0 Å². The number of sulfonamides is 1. The molecule has 0 unspecified atom stereocenters. The average Bonchev–Trinajstić information content (AvgIpc) is 2.99. The van der Waals surface area contributed by atoms with Gasteiger partial charge in [0.05, 0.1) is 29.8 Å². The van der Waals surface area contributed by atoms with Gasteiger partial charge in [0.25, 0.3) is 0 Å². The van der Waals surface area contributed by atoms with Crippen LogP contribution in [0.15, 0.2) is 53.7 Å². The van der Waals surface area contributed by atoms with Crippen LogP contribution in [-0.2, 0) is 21.3 Å². The monoisotopic (exact) mass is 377 g/mol. The van der Waals surface area contributed by atoms with Gasteiger partial charge in [-0.3, -0.25) is 4.98 Å². The lowest BCUT2D eigenvalue weighted by molar-refractivity contribution is 0.0443. The van der Waals surface area contributed by atoms with Crippen molar-refractivity contribution in [3.05, 3.63) is 59.9 Å². The summed E-state index contributed by atoms with van der Waals surface area (Å²) in [6.07, 6.45) is 2.03. The first-order chi connectivity index (χ1) is 12.5. The lowest BCUT2D eigenvalue weighted by atomic mass is 10.1. The molecule has 1 aromatic carbocycles. The van der Waals surface area contributed by atoms with Gasteiger partial charge in [0.1, 0.15) is 0 Å². The highest BCUT2D eigenvalue weighted by Crippen LogP contribution is 2.16. The number of aliphatic hydroxyl groups is 1. The van der Waals surface area contributed by atoms with Crippen LogP contribution in [0.25, 0.3) is 0 Å². The van der Waals surface area contributed by atoms with Crippen molar-refractivity contribution >= 4 is 10.0 Å². The zero-order valence-corrected chi connectivity index (χ0v) is 15.3. The van der Waals surface area contributed by atoms with Crippen molar-refractivity contribution in [3.63, 3.8) is 0 Å². The third kappa shape index (κ3) is 4.66. The summed E-state index contributed by atoms with van der Waals surface area (Å²) in [5.74, 6) is 0. The molecule has 1 aromatic heterocycles. The van der Waals surface area contributed by atoms with Crippen LogP contribution in [0.5, 0.6) is 0 Å². The number of nitrogens with one attached hydrogen (secondary N) is 2. The maximum absolute atomic E-state index is 12.3. The summed E-state index contributed by atoms with van der Waals surface area (Å²) >= 11 is 0. The molecule has 0 saturated carbocycles. The Morgan fingerprint density at radius 1 is 1.19 bits per heavy atom. The summed E-state index contributed by atoms with van der Waals surface area (Å²) < 4.78 is 32.7. The Kier molecular flexibility index (Phi) is 6.00. The normalized spacial score (nSPS) is 23.2. The van der Waals surface area contributed by atoms with E-state index in [1.54, 1.807) is 36.7 Å². The summed E-state index contributed by atoms with van der Waals surface area (Å²) in [4.78, 5) is 4.16. The van der Waals surface area contributed by atoms with Crippen molar-refractivity contribution in [2.75, 3.05) is 13.2 Å². The lowest BCUT2D eigenvalue weighted by Gasteiger charge is -2.19. The minimum atomic E-state index is -3.63. The van der Waals surface area contributed by atoms with E-state index in [-0.39, 0.29) is 17.5 Å². The summed E-state index contributed by atoms with van der Waals surface area (Å²) in [6.45, 7) is 2.81. The molecule has 1 fully saturated rings. The van der Waals surface area contributed by atoms with Crippen LogP contribution < -0.4 is 10.0 Å². The van der Waals surface area contributed by atoms with Crippen LogP contribution in [-0.4, -0.2) is 49.9 Å². The van der Waals surface area contributed by atoms with Crippen molar-refractivity contribution in [3.8, 4) is 0 Å². The van der Waals surface area contributed by atoms with Crippen LogP contribution in [0.3, 0.4) is 0 Å². The standard InChI is InChI=1S/C18H23N3O4S/c1-13-2-4-15(5-3-13)26(23,24)21-11-17-18(22)16(12-25-17)20-10-14-6-8-19-9-7-14/h2-9,16-18,20-22H,10-12H2,1H3/t16-,17-,18+/m1/s1. The van der Waals surface area contributed by atoms with Gasteiger partial charge in [0, 0.05) is 25.5 Å². The molecule has 7 nitrogen and oxygen atoms in total. The Bertz CT molecular complexity index is 812. The van der Waals surface area contributed by atoms with Crippen LogP contribution >= 0.6 is 0 Å². The van der Waals surface area contributed by atoms with Crippen LogP contribution in [0.1, 0.15) is 11.1 Å². The fourth-order valence-electron chi connectivity index (χ4n) is 2.79. The van der Waals surface area contributed by atoms with Gasteiger partial charge in [-0.05, 0) is 36.8 Å². The number of aliphatic hydroxyl groups excluding tert-OH is 1. The van der Waals surface area contributed by atoms with Crippen molar-refractivity contribution in [2.45, 2.75) is 36.6 Å². The van der Waals surface area contributed by atoms with E-state index in [0.29, 0.717) is 13.2 Å². The maximum atomic E-state index is 12.3. The molecule has 0 bridgehead atoms. The molecule has 0 radical (unpaired) electrons. The first-order valence-corrected chi connectivity index (χ1v) is 9.92. The van der Waals surface area contributed by atoms with Gasteiger partial charge in [-0.15, -0.1) is 0 Å². The van der Waals surface area contributed by atoms with Gasteiger partial charge in [0.15, 0.2) is 0 Å². The molecular weight excluding hydrogens is 354 g/mol. The number of aryl methyl sites for hydroxylation is 1. The lowest BCUT2D eigenvalue weighted by Crippen LogP contribution is -2.44. The quantitative estimate of drug-likeness (QED) is 0.653. The largest absolute Gasteiger partial charge is 0.389 e. The maximum Gasteiger partial charge on any atom is 0.240 e. The molecule has 8 heteroatoms. The molecular formula is C18H23N3O4S. The van der Waals surface area contributed by atoms with Gasteiger partial charge >= 0.3 is 0 Å². The fraction of sp³-hybridized carbons (Fsp3) is 0.389. The van der Waals surface area contributed by atoms with E-state index in [1.165, 1.54) is 0 Å². The Morgan fingerprint density at radius 2 is 1.88 bits per heavy atom. The van der Waals surface area contributed by atoms with Crippen molar-refractivity contribution < 1.29 is 18.3 Å². The third-order valence-corrected chi connectivity index (χ3v) is 5.85. The fourth-order valence-corrected chi connectivity index (χ4v) is 3.83. The smallest absolute Gasteiger partial charge is 0.240 e. The number of aromatic nitrogens is 1. The van der Waals surface area contributed by atoms with Crippen molar-refractivity contribution in [1.29, 1.82) is 0 Å².